The van der Waals surface area contributed by atoms with E-state index in [0.29, 0.717) is 17.9 Å². The van der Waals surface area contributed by atoms with Crippen molar-refractivity contribution in [2.45, 2.75) is 13.5 Å². The molecule has 0 fully saturated rings. The lowest BCUT2D eigenvalue weighted by molar-refractivity contribution is 0.0785. The van der Waals surface area contributed by atoms with Gasteiger partial charge in [-0.15, -0.1) is 0 Å². The molecule has 1 aromatic heterocycles. The average Bonchev–Trinajstić information content (AvgIpc) is 3.18. The van der Waals surface area contributed by atoms with Gasteiger partial charge in [-0.05, 0) is 47.5 Å². The Kier molecular flexibility index (Phi) is 5.04. The number of methoxy groups -OCH3 is 1. The van der Waals surface area contributed by atoms with Crippen molar-refractivity contribution in [2.24, 2.45) is 0 Å². The Labute approximate surface area is 170 Å². The van der Waals surface area contributed by atoms with E-state index in [9.17, 15) is 4.79 Å². The van der Waals surface area contributed by atoms with E-state index in [1.807, 2.05) is 49.0 Å². The predicted octanol–water partition coefficient (Wildman–Crippen LogP) is 4.61. The minimum absolute atomic E-state index is 0.0511. The number of hydrogen-bond acceptors (Lipinski definition) is 3. The number of nitrogens with zero attached hydrogens (tertiary/aromatic N) is 3. The molecule has 4 aromatic rings. The molecule has 1 heterocycles. The van der Waals surface area contributed by atoms with Gasteiger partial charge in [0.25, 0.3) is 5.91 Å². The number of rotatable bonds is 5. The van der Waals surface area contributed by atoms with Gasteiger partial charge < -0.3 is 14.2 Å². The predicted molar refractivity (Wildman–Crippen MR) is 115 cm³/mol. The highest BCUT2D eigenvalue weighted by Crippen LogP contribution is 2.25. The lowest BCUT2D eigenvalue weighted by Crippen LogP contribution is -2.26. The van der Waals surface area contributed by atoms with Crippen molar-refractivity contribution < 1.29 is 9.53 Å². The normalized spacial score (nSPS) is 10.9. The quantitative estimate of drug-likeness (QED) is 0.504. The third-order valence-corrected chi connectivity index (χ3v) is 5.00. The summed E-state index contributed by atoms with van der Waals surface area (Å²) in [7, 11) is 3.42. The number of carbonyl (C=O) groups is 1. The number of ether oxygens (including phenoxy) is 1. The van der Waals surface area contributed by atoms with Crippen molar-refractivity contribution in [2.75, 3.05) is 14.2 Å². The Balaban J connectivity index is 1.56. The Bertz CT molecular complexity index is 1180. The van der Waals surface area contributed by atoms with Crippen LogP contribution in [0.15, 0.2) is 73.2 Å². The largest absolute Gasteiger partial charge is 0.495 e. The van der Waals surface area contributed by atoms with Crippen LogP contribution in [-0.4, -0.2) is 34.5 Å². The fourth-order valence-electron chi connectivity index (χ4n) is 3.48. The molecule has 1 amide bonds. The van der Waals surface area contributed by atoms with Gasteiger partial charge >= 0.3 is 0 Å². The summed E-state index contributed by atoms with van der Waals surface area (Å²) in [6.07, 6.45) is 3.66. The van der Waals surface area contributed by atoms with Crippen LogP contribution in [0.25, 0.3) is 16.5 Å². The molecule has 0 saturated heterocycles. The number of benzene rings is 3. The topological polar surface area (TPSA) is 47.4 Å². The summed E-state index contributed by atoms with van der Waals surface area (Å²) in [5.74, 6) is 0.581. The van der Waals surface area contributed by atoms with Gasteiger partial charge in [0.05, 0.1) is 24.8 Å². The SMILES string of the molecule is COc1cc(C(=O)N(C)Cc2ccc3ccccc3c2)ccc1-n1cnc(C)c1. The maximum Gasteiger partial charge on any atom is 0.254 e. The minimum Gasteiger partial charge on any atom is -0.495 e. The third kappa shape index (κ3) is 3.85. The summed E-state index contributed by atoms with van der Waals surface area (Å²) < 4.78 is 7.42. The van der Waals surface area contributed by atoms with Crippen LogP contribution in [0.1, 0.15) is 21.6 Å². The van der Waals surface area contributed by atoms with Gasteiger partial charge in [-0.25, -0.2) is 4.98 Å². The monoisotopic (exact) mass is 385 g/mol. The molecule has 5 nitrogen and oxygen atoms in total. The first-order valence-electron chi connectivity index (χ1n) is 9.47. The molecule has 0 atom stereocenters. The molecule has 5 heteroatoms. The van der Waals surface area contributed by atoms with Crippen molar-refractivity contribution in [1.29, 1.82) is 0 Å². The lowest BCUT2D eigenvalue weighted by atomic mass is 10.1. The summed E-state index contributed by atoms with van der Waals surface area (Å²) in [6, 6.07) is 20.0. The molecule has 0 aliphatic carbocycles. The van der Waals surface area contributed by atoms with Gasteiger partial charge in [0.2, 0.25) is 0 Å². The molecule has 0 radical (unpaired) electrons. The Morgan fingerprint density at radius 3 is 2.59 bits per heavy atom. The smallest absolute Gasteiger partial charge is 0.254 e. The molecule has 4 rings (SSSR count). The second-order valence-corrected chi connectivity index (χ2v) is 7.15. The molecule has 0 aliphatic heterocycles. The number of aromatic nitrogens is 2. The second-order valence-electron chi connectivity index (χ2n) is 7.15. The van der Waals surface area contributed by atoms with Crippen molar-refractivity contribution in [3.05, 3.63) is 90.0 Å². The van der Waals surface area contributed by atoms with E-state index in [-0.39, 0.29) is 5.91 Å². The lowest BCUT2D eigenvalue weighted by Gasteiger charge is -2.19. The number of aryl methyl sites for hydroxylation is 1. The fraction of sp³-hybridized carbons (Fsp3) is 0.167. The van der Waals surface area contributed by atoms with Gasteiger partial charge in [-0.2, -0.15) is 0 Å². The van der Waals surface area contributed by atoms with Crippen LogP contribution in [0.4, 0.5) is 0 Å². The van der Waals surface area contributed by atoms with E-state index in [2.05, 4.69) is 35.3 Å². The van der Waals surface area contributed by atoms with Crippen LogP contribution < -0.4 is 4.74 Å². The van der Waals surface area contributed by atoms with Crippen molar-refractivity contribution in [1.82, 2.24) is 14.5 Å². The molecular weight excluding hydrogens is 362 g/mol. The maximum absolute atomic E-state index is 13.0. The van der Waals surface area contributed by atoms with E-state index >= 15 is 0 Å². The van der Waals surface area contributed by atoms with Crippen molar-refractivity contribution >= 4 is 16.7 Å². The molecule has 0 unspecified atom stereocenters. The summed E-state index contributed by atoms with van der Waals surface area (Å²) >= 11 is 0. The Morgan fingerprint density at radius 1 is 1.07 bits per heavy atom. The highest BCUT2D eigenvalue weighted by molar-refractivity contribution is 5.95. The minimum atomic E-state index is -0.0511. The van der Waals surface area contributed by atoms with Gasteiger partial charge in [0.1, 0.15) is 5.75 Å². The summed E-state index contributed by atoms with van der Waals surface area (Å²) in [5, 5.41) is 2.37. The fourth-order valence-corrected chi connectivity index (χ4v) is 3.48. The molecule has 0 aliphatic rings. The van der Waals surface area contributed by atoms with E-state index in [1.54, 1.807) is 24.4 Å². The van der Waals surface area contributed by atoms with Crippen LogP contribution in [0.5, 0.6) is 5.75 Å². The van der Waals surface area contributed by atoms with Crippen LogP contribution in [-0.2, 0) is 6.54 Å². The van der Waals surface area contributed by atoms with Crippen LogP contribution in [0.2, 0.25) is 0 Å². The molecule has 0 N–H and O–H groups in total. The highest BCUT2D eigenvalue weighted by atomic mass is 16.5. The van der Waals surface area contributed by atoms with Crippen molar-refractivity contribution in [3.8, 4) is 11.4 Å². The van der Waals surface area contributed by atoms with Crippen LogP contribution in [0, 0.1) is 6.92 Å². The maximum atomic E-state index is 13.0. The Morgan fingerprint density at radius 2 is 1.86 bits per heavy atom. The summed E-state index contributed by atoms with van der Waals surface area (Å²) in [4.78, 5) is 19.0. The standard InChI is InChI=1S/C24H23N3O2/c1-17-14-27(16-25-17)22-11-10-21(13-23(22)29-3)24(28)26(2)15-18-8-9-19-6-4-5-7-20(19)12-18/h4-14,16H,15H2,1-3H3. The molecule has 0 spiro atoms. The number of fused-ring (bicyclic) bond motifs is 1. The Hall–Kier alpha value is -3.60. The van der Waals surface area contributed by atoms with Gasteiger partial charge in [0.15, 0.2) is 0 Å². The van der Waals surface area contributed by atoms with E-state index in [4.69, 9.17) is 4.74 Å². The number of carbonyl (C=O) groups excluding carboxylic acids is 1. The molecule has 0 bridgehead atoms. The number of hydrogen-bond donors (Lipinski definition) is 0. The first-order chi connectivity index (χ1) is 14.0. The van der Waals surface area contributed by atoms with E-state index in [1.165, 1.54) is 10.8 Å². The van der Waals surface area contributed by atoms with Crippen molar-refractivity contribution in [3.63, 3.8) is 0 Å². The van der Waals surface area contributed by atoms with Gasteiger partial charge in [-0.1, -0.05) is 36.4 Å². The van der Waals surface area contributed by atoms with Crippen LogP contribution >= 0.6 is 0 Å². The zero-order chi connectivity index (χ0) is 20.4. The summed E-state index contributed by atoms with van der Waals surface area (Å²) in [5.41, 5.74) is 3.45. The zero-order valence-corrected chi connectivity index (χ0v) is 16.8. The number of imidazole rings is 1. The molecule has 146 valence electrons. The molecule has 0 saturated carbocycles. The van der Waals surface area contributed by atoms with E-state index in [0.717, 1.165) is 16.9 Å². The first-order valence-corrected chi connectivity index (χ1v) is 9.47. The third-order valence-electron chi connectivity index (χ3n) is 5.00. The van der Waals surface area contributed by atoms with Gasteiger partial charge in [0, 0.05) is 25.4 Å². The first kappa shape index (κ1) is 18.7. The van der Waals surface area contributed by atoms with E-state index < -0.39 is 0 Å². The molecule has 29 heavy (non-hydrogen) atoms. The van der Waals surface area contributed by atoms with Gasteiger partial charge in [-0.3, -0.25) is 4.79 Å². The average molecular weight is 385 g/mol. The highest BCUT2D eigenvalue weighted by Gasteiger charge is 2.16. The molecule has 3 aromatic carbocycles. The second kappa shape index (κ2) is 7.80. The molecular formula is C24H23N3O2. The summed E-state index contributed by atoms with van der Waals surface area (Å²) in [6.45, 7) is 2.47. The zero-order valence-electron chi connectivity index (χ0n) is 16.8. The number of amides is 1. The van der Waals surface area contributed by atoms with Crippen LogP contribution in [0.3, 0.4) is 0 Å².